The van der Waals surface area contributed by atoms with Gasteiger partial charge in [0.25, 0.3) is 0 Å². The van der Waals surface area contributed by atoms with Crippen molar-refractivity contribution in [2.24, 2.45) is 0 Å². The average molecular weight is 383 g/mol. The number of likely N-dealkylation sites (tertiary alicyclic amines) is 1. The summed E-state index contributed by atoms with van der Waals surface area (Å²) >= 11 is 0. The van der Waals surface area contributed by atoms with Gasteiger partial charge in [-0.15, -0.1) is 0 Å². The van der Waals surface area contributed by atoms with Crippen LogP contribution >= 0.6 is 0 Å². The summed E-state index contributed by atoms with van der Waals surface area (Å²) in [4.78, 5) is 7.05. The van der Waals surface area contributed by atoms with Gasteiger partial charge in [0.2, 0.25) is 0 Å². The number of hydrogen-bond donors (Lipinski definition) is 3. The normalized spacial score (nSPS) is 15.7. The Morgan fingerprint density at radius 1 is 1.21 bits per heavy atom. The number of rotatable bonds is 9. The Morgan fingerprint density at radius 2 is 2.00 bits per heavy atom. The Balaban J connectivity index is 1.70. The smallest absolute Gasteiger partial charge is 0.125 e. The summed E-state index contributed by atoms with van der Waals surface area (Å²) in [6.45, 7) is 7.89. The lowest BCUT2D eigenvalue weighted by Gasteiger charge is -2.18. The van der Waals surface area contributed by atoms with Crippen LogP contribution in [0.15, 0.2) is 30.3 Å². The molecule has 1 aromatic heterocycles. The van der Waals surface area contributed by atoms with E-state index in [0.717, 1.165) is 37.2 Å². The summed E-state index contributed by atoms with van der Waals surface area (Å²) in [6.07, 6.45) is 5.35. The van der Waals surface area contributed by atoms with Crippen molar-refractivity contribution in [3.63, 3.8) is 0 Å². The molecule has 0 bridgehead atoms. The standard InChI is InChI=1S/C23H34N4O/c1-3-6-20(16-28)25-22-13-21(26-23(24)14-22)12-19-8-7-18(11-17(19)2)15-27-9-4-5-10-27/h7-8,11,13-14,20,28H,3-6,9-10,12,15-16H2,1-2H3,(H3,24,25,26)/t20-/m0/s1. The van der Waals surface area contributed by atoms with Crippen molar-refractivity contribution < 1.29 is 5.11 Å². The second-order valence-electron chi connectivity index (χ2n) is 8.01. The van der Waals surface area contributed by atoms with Crippen LogP contribution in [0.3, 0.4) is 0 Å². The second-order valence-corrected chi connectivity index (χ2v) is 8.01. The molecule has 1 saturated heterocycles. The third-order valence-corrected chi connectivity index (χ3v) is 5.51. The molecule has 1 aliphatic heterocycles. The Kier molecular flexibility index (Phi) is 7.29. The first-order valence-corrected chi connectivity index (χ1v) is 10.5. The molecular formula is C23H34N4O. The molecule has 1 fully saturated rings. The summed E-state index contributed by atoms with van der Waals surface area (Å²) in [5, 5.41) is 12.9. The number of anilines is 2. The maximum atomic E-state index is 9.54. The van der Waals surface area contributed by atoms with Crippen molar-refractivity contribution in [2.45, 2.75) is 58.5 Å². The van der Waals surface area contributed by atoms with Gasteiger partial charge in [0.1, 0.15) is 5.82 Å². The van der Waals surface area contributed by atoms with Crippen LogP contribution in [0.1, 0.15) is 55.0 Å². The molecule has 0 radical (unpaired) electrons. The topological polar surface area (TPSA) is 74.4 Å². The minimum Gasteiger partial charge on any atom is -0.394 e. The number of aromatic nitrogens is 1. The van der Waals surface area contributed by atoms with Crippen LogP contribution in [0.4, 0.5) is 11.5 Å². The van der Waals surface area contributed by atoms with E-state index in [2.05, 4.69) is 47.2 Å². The van der Waals surface area contributed by atoms with Gasteiger partial charge in [-0.3, -0.25) is 4.90 Å². The van der Waals surface area contributed by atoms with Crippen LogP contribution in [0.25, 0.3) is 0 Å². The van der Waals surface area contributed by atoms with Crippen molar-refractivity contribution >= 4 is 11.5 Å². The fourth-order valence-corrected chi connectivity index (χ4v) is 4.03. The minimum absolute atomic E-state index is 0.0475. The Labute approximate surface area is 169 Å². The summed E-state index contributed by atoms with van der Waals surface area (Å²) in [5.41, 5.74) is 11.9. The van der Waals surface area contributed by atoms with Crippen molar-refractivity contribution in [1.82, 2.24) is 9.88 Å². The number of nitrogens with one attached hydrogen (secondary N) is 1. The van der Waals surface area contributed by atoms with Gasteiger partial charge in [-0.25, -0.2) is 4.98 Å². The molecule has 1 aliphatic rings. The molecule has 152 valence electrons. The highest BCUT2D eigenvalue weighted by Crippen LogP contribution is 2.21. The number of benzene rings is 1. The van der Waals surface area contributed by atoms with Gasteiger partial charge in [0.05, 0.1) is 6.61 Å². The van der Waals surface area contributed by atoms with Crippen LogP contribution in [0, 0.1) is 6.92 Å². The monoisotopic (exact) mass is 382 g/mol. The Hall–Kier alpha value is -2.11. The fraction of sp³-hybridized carbons (Fsp3) is 0.522. The maximum Gasteiger partial charge on any atom is 0.125 e. The van der Waals surface area contributed by atoms with Crippen molar-refractivity contribution in [2.75, 3.05) is 30.7 Å². The van der Waals surface area contributed by atoms with Gasteiger partial charge in [-0.1, -0.05) is 31.5 Å². The van der Waals surface area contributed by atoms with E-state index in [1.165, 1.54) is 42.6 Å². The number of pyridine rings is 1. The van der Waals surface area contributed by atoms with E-state index in [9.17, 15) is 5.11 Å². The molecule has 3 rings (SSSR count). The highest BCUT2D eigenvalue weighted by Gasteiger charge is 2.13. The molecule has 2 aromatic rings. The van der Waals surface area contributed by atoms with Gasteiger partial charge in [-0.05, 0) is 62.0 Å². The zero-order valence-corrected chi connectivity index (χ0v) is 17.2. The predicted molar refractivity (Wildman–Crippen MR) is 117 cm³/mol. The fourth-order valence-electron chi connectivity index (χ4n) is 4.03. The third-order valence-electron chi connectivity index (χ3n) is 5.51. The number of aryl methyl sites for hydroxylation is 1. The Morgan fingerprint density at radius 3 is 2.68 bits per heavy atom. The second kappa shape index (κ2) is 9.89. The molecule has 5 heteroatoms. The Bertz CT molecular complexity index is 771. The van der Waals surface area contributed by atoms with Crippen LogP contribution < -0.4 is 11.1 Å². The number of hydrogen-bond acceptors (Lipinski definition) is 5. The molecular weight excluding hydrogens is 348 g/mol. The molecule has 0 amide bonds. The highest BCUT2D eigenvalue weighted by atomic mass is 16.3. The van der Waals surface area contributed by atoms with Crippen molar-refractivity contribution in [1.29, 1.82) is 0 Å². The molecule has 0 unspecified atom stereocenters. The maximum absolute atomic E-state index is 9.54. The zero-order valence-electron chi connectivity index (χ0n) is 17.2. The summed E-state index contributed by atoms with van der Waals surface area (Å²) < 4.78 is 0. The molecule has 4 N–H and O–H groups in total. The summed E-state index contributed by atoms with van der Waals surface area (Å²) in [7, 11) is 0. The number of nitrogens with zero attached hydrogens (tertiary/aromatic N) is 2. The van der Waals surface area contributed by atoms with Crippen molar-refractivity contribution in [3.05, 3.63) is 52.7 Å². The summed E-state index contributed by atoms with van der Waals surface area (Å²) in [6, 6.07) is 10.7. The van der Waals surface area contributed by atoms with Crippen molar-refractivity contribution in [3.8, 4) is 0 Å². The predicted octanol–water partition coefficient (Wildman–Crippen LogP) is 3.73. The number of aliphatic hydroxyl groups is 1. The quantitative estimate of drug-likeness (QED) is 0.616. The highest BCUT2D eigenvalue weighted by molar-refractivity contribution is 5.53. The SMILES string of the molecule is CCC[C@@H](CO)Nc1cc(N)nc(Cc2ccc(CN3CCCC3)cc2C)c1. The molecule has 2 heterocycles. The number of nitrogens with two attached hydrogens (primary N) is 1. The minimum atomic E-state index is 0.0475. The molecule has 0 saturated carbocycles. The van der Waals surface area contributed by atoms with E-state index < -0.39 is 0 Å². The average Bonchev–Trinajstić information content (AvgIpc) is 3.16. The van der Waals surface area contributed by atoms with Gasteiger partial charge >= 0.3 is 0 Å². The van der Waals surface area contributed by atoms with Crippen LogP contribution in [0.2, 0.25) is 0 Å². The van der Waals surface area contributed by atoms with Gasteiger partial charge in [0.15, 0.2) is 0 Å². The zero-order chi connectivity index (χ0) is 19.9. The van der Waals surface area contributed by atoms with E-state index in [-0.39, 0.29) is 12.6 Å². The lowest BCUT2D eigenvalue weighted by molar-refractivity contribution is 0.268. The lowest BCUT2D eigenvalue weighted by Crippen LogP contribution is -2.23. The molecule has 0 aliphatic carbocycles. The van der Waals surface area contributed by atoms with Gasteiger partial charge < -0.3 is 16.2 Å². The molecule has 0 spiro atoms. The molecule has 5 nitrogen and oxygen atoms in total. The first-order chi connectivity index (χ1) is 13.6. The van der Waals surface area contributed by atoms with Crippen LogP contribution in [-0.4, -0.2) is 40.7 Å². The van der Waals surface area contributed by atoms with Gasteiger partial charge in [0, 0.05) is 36.5 Å². The first kappa shape index (κ1) is 20.6. The summed E-state index contributed by atoms with van der Waals surface area (Å²) in [5.74, 6) is 0.511. The number of nitrogen functional groups attached to an aromatic ring is 1. The molecule has 1 atom stereocenters. The third kappa shape index (κ3) is 5.69. The lowest BCUT2D eigenvalue weighted by atomic mass is 10.0. The van der Waals surface area contributed by atoms with Gasteiger partial charge in [-0.2, -0.15) is 0 Å². The van der Waals surface area contributed by atoms with E-state index in [1.807, 2.05) is 12.1 Å². The van der Waals surface area contributed by atoms with E-state index in [1.54, 1.807) is 0 Å². The van der Waals surface area contributed by atoms with E-state index in [0.29, 0.717) is 5.82 Å². The first-order valence-electron chi connectivity index (χ1n) is 10.5. The van der Waals surface area contributed by atoms with E-state index >= 15 is 0 Å². The van der Waals surface area contributed by atoms with Crippen LogP contribution in [-0.2, 0) is 13.0 Å². The number of aliphatic hydroxyl groups excluding tert-OH is 1. The largest absolute Gasteiger partial charge is 0.394 e. The van der Waals surface area contributed by atoms with Crippen LogP contribution in [0.5, 0.6) is 0 Å². The van der Waals surface area contributed by atoms with E-state index in [4.69, 9.17) is 5.73 Å². The molecule has 28 heavy (non-hydrogen) atoms. The molecule has 1 aromatic carbocycles.